The fourth-order valence-corrected chi connectivity index (χ4v) is 3.52. The lowest BCUT2D eigenvalue weighted by molar-refractivity contribution is -0.122. The third kappa shape index (κ3) is 6.10. The molecule has 1 aromatic rings. The highest BCUT2D eigenvalue weighted by Crippen LogP contribution is 2.26. The summed E-state index contributed by atoms with van der Waals surface area (Å²) in [6.07, 6.45) is 4.73. The van der Waals surface area contributed by atoms with Gasteiger partial charge in [-0.2, -0.15) is 0 Å². The van der Waals surface area contributed by atoms with Gasteiger partial charge in [0.05, 0.1) is 10.7 Å². The Morgan fingerprint density at radius 1 is 1.38 bits per heavy atom. The molecule has 1 fully saturated rings. The van der Waals surface area contributed by atoms with Gasteiger partial charge in [-0.1, -0.05) is 6.42 Å². The van der Waals surface area contributed by atoms with Crippen LogP contribution in [0.25, 0.3) is 0 Å². The van der Waals surface area contributed by atoms with E-state index in [0.29, 0.717) is 18.9 Å². The lowest BCUT2D eigenvalue weighted by Crippen LogP contribution is -2.32. The van der Waals surface area contributed by atoms with Crippen molar-refractivity contribution < 1.29 is 4.79 Å². The van der Waals surface area contributed by atoms with Crippen molar-refractivity contribution >= 4 is 42.1 Å². The van der Waals surface area contributed by atoms with Crippen LogP contribution >= 0.6 is 36.2 Å². The molecular formula is C14H25Cl2N3OS. The van der Waals surface area contributed by atoms with E-state index >= 15 is 0 Å². The maximum Gasteiger partial charge on any atom is 0.220 e. The van der Waals surface area contributed by atoms with Crippen molar-refractivity contribution in [2.75, 3.05) is 6.54 Å². The van der Waals surface area contributed by atoms with Crippen molar-refractivity contribution in [1.29, 1.82) is 0 Å². The number of nitrogens with two attached hydrogens (primary N) is 1. The number of carbonyl (C=O) groups excluding carboxylic acids is 1. The summed E-state index contributed by atoms with van der Waals surface area (Å²) < 4.78 is 0. The van der Waals surface area contributed by atoms with E-state index < -0.39 is 0 Å². The topological polar surface area (TPSA) is 68.0 Å². The number of halogens is 2. The molecule has 7 heteroatoms. The van der Waals surface area contributed by atoms with Crippen molar-refractivity contribution in [3.05, 3.63) is 15.6 Å². The summed E-state index contributed by atoms with van der Waals surface area (Å²) in [6.45, 7) is 4.78. The largest absolute Gasteiger partial charge is 0.356 e. The van der Waals surface area contributed by atoms with Gasteiger partial charge in [0, 0.05) is 30.3 Å². The molecule has 0 saturated heterocycles. The summed E-state index contributed by atoms with van der Waals surface area (Å²) in [5.74, 6) is 0.511. The quantitative estimate of drug-likeness (QED) is 0.854. The molecule has 1 heterocycles. The molecule has 122 valence electrons. The molecule has 3 N–H and O–H groups in total. The highest BCUT2D eigenvalue weighted by molar-refractivity contribution is 7.11. The van der Waals surface area contributed by atoms with Gasteiger partial charge in [-0.3, -0.25) is 4.79 Å². The number of nitrogens with one attached hydrogen (secondary N) is 1. The third-order valence-corrected chi connectivity index (χ3v) is 5.03. The molecule has 2 rings (SSSR count). The predicted molar refractivity (Wildman–Crippen MR) is 92.7 cm³/mol. The van der Waals surface area contributed by atoms with E-state index in [1.165, 1.54) is 4.88 Å². The summed E-state index contributed by atoms with van der Waals surface area (Å²) in [5, 5.41) is 4.08. The second kappa shape index (κ2) is 9.62. The number of hydrogen-bond donors (Lipinski definition) is 2. The Hall–Kier alpha value is -0.360. The van der Waals surface area contributed by atoms with Crippen molar-refractivity contribution in [3.8, 4) is 0 Å². The van der Waals surface area contributed by atoms with Crippen LogP contribution in [0.4, 0.5) is 0 Å². The van der Waals surface area contributed by atoms with Gasteiger partial charge in [0.15, 0.2) is 0 Å². The minimum absolute atomic E-state index is 0. The molecule has 0 unspecified atom stereocenters. The van der Waals surface area contributed by atoms with E-state index in [-0.39, 0.29) is 36.8 Å². The molecule has 1 aliphatic carbocycles. The highest BCUT2D eigenvalue weighted by atomic mass is 35.5. The average molecular weight is 354 g/mol. The van der Waals surface area contributed by atoms with Crippen molar-refractivity contribution in [1.82, 2.24) is 10.3 Å². The van der Waals surface area contributed by atoms with Crippen molar-refractivity contribution in [3.63, 3.8) is 0 Å². The molecule has 0 aliphatic heterocycles. The second-order valence-electron chi connectivity index (χ2n) is 5.41. The Kier molecular flexibility index (Phi) is 9.45. The normalized spacial score (nSPS) is 20.5. The maximum absolute atomic E-state index is 11.8. The van der Waals surface area contributed by atoms with Gasteiger partial charge < -0.3 is 11.1 Å². The lowest BCUT2D eigenvalue weighted by Gasteiger charge is -2.14. The molecular weight excluding hydrogens is 329 g/mol. The molecule has 4 nitrogen and oxygen atoms in total. The van der Waals surface area contributed by atoms with Crippen molar-refractivity contribution in [2.45, 2.75) is 52.0 Å². The first-order chi connectivity index (χ1) is 9.06. The van der Waals surface area contributed by atoms with Crippen LogP contribution in [0.2, 0.25) is 0 Å². The van der Waals surface area contributed by atoms with Crippen LogP contribution in [-0.2, 0) is 11.2 Å². The molecule has 1 saturated carbocycles. The van der Waals surface area contributed by atoms with Gasteiger partial charge >= 0.3 is 0 Å². The van der Waals surface area contributed by atoms with E-state index in [1.54, 1.807) is 11.3 Å². The summed E-state index contributed by atoms with van der Waals surface area (Å²) in [7, 11) is 0. The monoisotopic (exact) mass is 353 g/mol. The number of nitrogens with zero attached hydrogens (tertiary/aromatic N) is 1. The summed E-state index contributed by atoms with van der Waals surface area (Å²) in [5.41, 5.74) is 7.08. The van der Waals surface area contributed by atoms with Gasteiger partial charge in [-0.15, -0.1) is 36.2 Å². The van der Waals surface area contributed by atoms with E-state index in [2.05, 4.69) is 17.2 Å². The number of thiazole rings is 1. The van der Waals surface area contributed by atoms with Crippen LogP contribution in [0, 0.1) is 19.8 Å². The first-order valence-electron chi connectivity index (χ1n) is 7.01. The van der Waals surface area contributed by atoms with Crippen LogP contribution in [0.3, 0.4) is 0 Å². The van der Waals surface area contributed by atoms with Gasteiger partial charge in [-0.05, 0) is 32.6 Å². The predicted octanol–water partition coefficient (Wildman–Crippen LogP) is 2.78. The van der Waals surface area contributed by atoms with Gasteiger partial charge in [0.2, 0.25) is 5.91 Å². The van der Waals surface area contributed by atoms with Crippen LogP contribution in [-0.4, -0.2) is 23.5 Å². The number of amides is 1. The molecule has 0 aromatic carbocycles. The number of carbonyl (C=O) groups is 1. The Labute approximate surface area is 143 Å². The SMILES string of the molecule is Cc1nc(CCNC(=O)C[C@@H]2CCC[C@H]2N)sc1C.Cl.Cl. The van der Waals surface area contributed by atoms with Gasteiger partial charge in [-0.25, -0.2) is 4.98 Å². The molecule has 1 aromatic heterocycles. The fraction of sp³-hybridized carbons (Fsp3) is 0.714. The molecule has 1 aliphatic rings. The van der Waals surface area contributed by atoms with Crippen LogP contribution < -0.4 is 11.1 Å². The average Bonchev–Trinajstić information content (AvgIpc) is 2.87. The zero-order valence-electron chi connectivity index (χ0n) is 12.6. The third-order valence-electron chi connectivity index (χ3n) is 3.90. The Bertz CT molecular complexity index is 434. The first-order valence-corrected chi connectivity index (χ1v) is 7.83. The summed E-state index contributed by atoms with van der Waals surface area (Å²) >= 11 is 1.72. The van der Waals surface area contributed by atoms with E-state index in [4.69, 9.17) is 5.73 Å². The standard InChI is InChI=1S/C14H23N3OS.2ClH/c1-9-10(2)19-14(17-9)6-7-16-13(18)8-11-4-3-5-12(11)15;;/h11-12H,3-8,15H2,1-2H3,(H,16,18);2*1H/t11-,12+;;/m0../s1. The molecule has 0 radical (unpaired) electrons. The van der Waals surface area contributed by atoms with Crippen LogP contribution in [0.1, 0.15) is 41.3 Å². The van der Waals surface area contributed by atoms with E-state index in [1.807, 2.05) is 6.92 Å². The van der Waals surface area contributed by atoms with Crippen molar-refractivity contribution in [2.24, 2.45) is 11.7 Å². The first kappa shape index (κ1) is 20.6. The second-order valence-corrected chi connectivity index (χ2v) is 6.70. The van der Waals surface area contributed by atoms with E-state index in [9.17, 15) is 4.79 Å². The number of rotatable bonds is 5. The van der Waals surface area contributed by atoms with Crippen LogP contribution in [0.5, 0.6) is 0 Å². The zero-order valence-corrected chi connectivity index (χ0v) is 15.0. The summed E-state index contributed by atoms with van der Waals surface area (Å²) in [4.78, 5) is 17.6. The minimum atomic E-state index is 0. The minimum Gasteiger partial charge on any atom is -0.356 e. The van der Waals surface area contributed by atoms with Gasteiger partial charge in [0.25, 0.3) is 0 Å². The lowest BCUT2D eigenvalue weighted by atomic mass is 10.00. The Morgan fingerprint density at radius 2 is 2.10 bits per heavy atom. The summed E-state index contributed by atoms with van der Waals surface area (Å²) in [6, 6.07) is 0.218. The smallest absolute Gasteiger partial charge is 0.220 e. The maximum atomic E-state index is 11.8. The Balaban J connectivity index is 0.00000200. The molecule has 2 atom stereocenters. The van der Waals surface area contributed by atoms with E-state index in [0.717, 1.165) is 36.4 Å². The number of hydrogen-bond acceptors (Lipinski definition) is 4. The number of aromatic nitrogens is 1. The van der Waals surface area contributed by atoms with Crippen LogP contribution in [0.15, 0.2) is 0 Å². The highest BCUT2D eigenvalue weighted by Gasteiger charge is 2.25. The molecule has 0 bridgehead atoms. The molecule has 0 spiro atoms. The molecule has 21 heavy (non-hydrogen) atoms. The Morgan fingerprint density at radius 3 is 2.62 bits per heavy atom. The van der Waals surface area contributed by atoms with Gasteiger partial charge in [0.1, 0.15) is 0 Å². The zero-order chi connectivity index (χ0) is 13.8. The molecule has 1 amide bonds. The fourth-order valence-electron chi connectivity index (χ4n) is 2.58. The number of aryl methyl sites for hydroxylation is 2.